The van der Waals surface area contributed by atoms with Crippen LogP contribution >= 0.6 is 0 Å². The minimum absolute atomic E-state index is 0.0694. The minimum Gasteiger partial charge on any atom is -0.448 e. The highest BCUT2D eigenvalue weighted by atomic mass is 16.5. The Bertz CT molecular complexity index is 196. The second kappa shape index (κ2) is 7.14. The Morgan fingerprint density at radius 3 is 2.64 bits per heavy atom. The summed E-state index contributed by atoms with van der Waals surface area (Å²) in [6, 6.07) is -0.492. The number of amides is 2. The van der Waals surface area contributed by atoms with Gasteiger partial charge in [-0.1, -0.05) is 13.3 Å². The van der Waals surface area contributed by atoms with Crippen LogP contribution in [0.1, 0.15) is 19.8 Å². The molecule has 0 aliphatic heterocycles. The Morgan fingerprint density at radius 1 is 1.50 bits per heavy atom. The first-order valence-corrected chi connectivity index (χ1v) is 4.53. The Balaban J connectivity index is 3.48. The maximum absolute atomic E-state index is 11.2. The SMILES string of the molecule is CCC[C@@H](N)C(=O)NCCOC(N)=O. The van der Waals surface area contributed by atoms with E-state index in [0.29, 0.717) is 6.42 Å². The molecule has 0 aromatic heterocycles. The van der Waals surface area contributed by atoms with E-state index in [1.54, 1.807) is 0 Å². The molecule has 0 unspecified atom stereocenters. The number of carbonyl (C=O) groups is 2. The average molecular weight is 203 g/mol. The van der Waals surface area contributed by atoms with Gasteiger partial charge in [0, 0.05) is 0 Å². The summed E-state index contributed by atoms with van der Waals surface area (Å²) in [5, 5.41) is 2.53. The molecule has 0 saturated heterocycles. The van der Waals surface area contributed by atoms with Crippen molar-refractivity contribution in [3.63, 3.8) is 0 Å². The lowest BCUT2D eigenvalue weighted by molar-refractivity contribution is -0.122. The fourth-order valence-electron chi connectivity index (χ4n) is 0.899. The number of nitrogens with one attached hydrogen (secondary N) is 1. The molecular weight excluding hydrogens is 186 g/mol. The smallest absolute Gasteiger partial charge is 0.404 e. The van der Waals surface area contributed by atoms with Crippen molar-refractivity contribution >= 4 is 12.0 Å². The van der Waals surface area contributed by atoms with Crippen LogP contribution in [0.2, 0.25) is 0 Å². The van der Waals surface area contributed by atoms with Gasteiger partial charge in [0.05, 0.1) is 12.6 Å². The van der Waals surface area contributed by atoms with Crippen molar-refractivity contribution in [2.24, 2.45) is 11.5 Å². The van der Waals surface area contributed by atoms with E-state index in [2.05, 4.69) is 10.1 Å². The van der Waals surface area contributed by atoms with Crippen molar-refractivity contribution in [3.05, 3.63) is 0 Å². The van der Waals surface area contributed by atoms with Crippen LogP contribution in [0.15, 0.2) is 0 Å². The maximum atomic E-state index is 11.2. The molecule has 14 heavy (non-hydrogen) atoms. The largest absolute Gasteiger partial charge is 0.448 e. The van der Waals surface area contributed by atoms with E-state index in [1.165, 1.54) is 0 Å². The molecule has 0 aliphatic rings. The Labute approximate surface area is 83.0 Å². The van der Waals surface area contributed by atoms with Crippen molar-refractivity contribution in [2.75, 3.05) is 13.2 Å². The molecule has 0 aliphatic carbocycles. The topological polar surface area (TPSA) is 107 Å². The maximum Gasteiger partial charge on any atom is 0.404 e. The molecular formula is C8H17N3O3. The molecule has 0 bridgehead atoms. The number of hydrogen-bond acceptors (Lipinski definition) is 4. The molecule has 2 amide bonds. The van der Waals surface area contributed by atoms with Gasteiger partial charge in [0.25, 0.3) is 0 Å². The zero-order valence-corrected chi connectivity index (χ0v) is 8.29. The van der Waals surface area contributed by atoms with Gasteiger partial charge in [-0.25, -0.2) is 4.79 Å². The zero-order valence-electron chi connectivity index (χ0n) is 8.29. The molecule has 0 rings (SSSR count). The summed E-state index contributed by atoms with van der Waals surface area (Å²) in [7, 11) is 0. The number of ether oxygens (including phenoxy) is 1. The summed E-state index contributed by atoms with van der Waals surface area (Å²) in [5.41, 5.74) is 10.2. The minimum atomic E-state index is -0.850. The van der Waals surface area contributed by atoms with E-state index in [9.17, 15) is 9.59 Å². The summed E-state index contributed by atoms with van der Waals surface area (Å²) < 4.78 is 4.42. The molecule has 0 heterocycles. The quantitative estimate of drug-likeness (QED) is 0.497. The summed E-state index contributed by atoms with van der Waals surface area (Å²) in [6.45, 7) is 2.25. The van der Waals surface area contributed by atoms with Crippen molar-refractivity contribution in [1.82, 2.24) is 5.32 Å². The zero-order chi connectivity index (χ0) is 11.0. The van der Waals surface area contributed by atoms with E-state index in [0.717, 1.165) is 6.42 Å². The Hall–Kier alpha value is -1.30. The lowest BCUT2D eigenvalue weighted by Crippen LogP contribution is -2.41. The van der Waals surface area contributed by atoms with Crippen LogP contribution < -0.4 is 16.8 Å². The van der Waals surface area contributed by atoms with E-state index in [-0.39, 0.29) is 19.1 Å². The summed E-state index contributed by atoms with van der Waals surface area (Å²) >= 11 is 0. The van der Waals surface area contributed by atoms with Crippen LogP contribution in [0.25, 0.3) is 0 Å². The standard InChI is InChI=1S/C8H17N3O3/c1-2-3-6(9)7(12)11-4-5-14-8(10)13/h6H,2-5,9H2,1H3,(H2,10,13)(H,11,12)/t6-/m1/s1. The Morgan fingerprint density at radius 2 is 2.14 bits per heavy atom. The number of hydrogen-bond donors (Lipinski definition) is 3. The van der Waals surface area contributed by atoms with Gasteiger partial charge < -0.3 is 21.5 Å². The van der Waals surface area contributed by atoms with Crippen LogP contribution in [-0.2, 0) is 9.53 Å². The first-order valence-electron chi connectivity index (χ1n) is 4.53. The lowest BCUT2D eigenvalue weighted by atomic mass is 10.2. The molecule has 0 aromatic carbocycles. The van der Waals surface area contributed by atoms with E-state index < -0.39 is 12.1 Å². The number of primary amides is 1. The molecule has 6 nitrogen and oxygen atoms in total. The molecule has 0 radical (unpaired) electrons. The molecule has 6 heteroatoms. The van der Waals surface area contributed by atoms with E-state index >= 15 is 0 Å². The molecule has 1 atom stereocenters. The number of nitrogens with two attached hydrogens (primary N) is 2. The molecule has 5 N–H and O–H groups in total. The van der Waals surface area contributed by atoms with Crippen LogP contribution in [0.3, 0.4) is 0 Å². The van der Waals surface area contributed by atoms with Gasteiger partial charge in [-0.05, 0) is 6.42 Å². The van der Waals surface area contributed by atoms with Gasteiger partial charge in [0.1, 0.15) is 6.61 Å². The van der Waals surface area contributed by atoms with Crippen molar-refractivity contribution in [2.45, 2.75) is 25.8 Å². The van der Waals surface area contributed by atoms with Gasteiger partial charge in [-0.15, -0.1) is 0 Å². The van der Waals surface area contributed by atoms with Gasteiger partial charge >= 0.3 is 6.09 Å². The molecule has 0 fully saturated rings. The molecule has 0 saturated carbocycles. The third-order valence-corrected chi connectivity index (χ3v) is 1.58. The monoisotopic (exact) mass is 203 g/mol. The van der Waals surface area contributed by atoms with Gasteiger partial charge in [-0.2, -0.15) is 0 Å². The normalized spacial score (nSPS) is 11.9. The third-order valence-electron chi connectivity index (χ3n) is 1.58. The summed E-state index contributed by atoms with van der Waals surface area (Å²) in [4.78, 5) is 21.3. The summed E-state index contributed by atoms with van der Waals surface area (Å²) in [5.74, 6) is -0.236. The van der Waals surface area contributed by atoms with Gasteiger partial charge in [-0.3, -0.25) is 4.79 Å². The molecule has 82 valence electrons. The summed E-state index contributed by atoms with van der Waals surface area (Å²) in [6.07, 6.45) is 0.645. The highest BCUT2D eigenvalue weighted by Gasteiger charge is 2.10. The predicted octanol–water partition coefficient (Wildman–Crippen LogP) is -0.675. The van der Waals surface area contributed by atoms with Crippen LogP contribution in [-0.4, -0.2) is 31.2 Å². The van der Waals surface area contributed by atoms with Gasteiger partial charge in [0.15, 0.2) is 0 Å². The Kier molecular flexibility index (Phi) is 6.47. The van der Waals surface area contributed by atoms with Crippen LogP contribution in [0.4, 0.5) is 4.79 Å². The molecule has 0 spiro atoms. The van der Waals surface area contributed by atoms with Crippen LogP contribution in [0.5, 0.6) is 0 Å². The second-order valence-electron chi connectivity index (χ2n) is 2.85. The van der Waals surface area contributed by atoms with Crippen molar-refractivity contribution in [3.8, 4) is 0 Å². The van der Waals surface area contributed by atoms with Crippen molar-refractivity contribution < 1.29 is 14.3 Å². The fourth-order valence-corrected chi connectivity index (χ4v) is 0.899. The van der Waals surface area contributed by atoms with E-state index in [4.69, 9.17) is 11.5 Å². The second-order valence-corrected chi connectivity index (χ2v) is 2.85. The van der Waals surface area contributed by atoms with Crippen LogP contribution in [0, 0.1) is 0 Å². The average Bonchev–Trinajstić information content (AvgIpc) is 2.12. The lowest BCUT2D eigenvalue weighted by Gasteiger charge is -2.10. The first-order chi connectivity index (χ1) is 6.57. The third kappa shape index (κ3) is 6.24. The van der Waals surface area contributed by atoms with Gasteiger partial charge in [0.2, 0.25) is 5.91 Å². The van der Waals surface area contributed by atoms with Crippen molar-refractivity contribution in [1.29, 1.82) is 0 Å². The number of carbonyl (C=O) groups excluding carboxylic acids is 2. The fraction of sp³-hybridized carbons (Fsp3) is 0.750. The highest BCUT2D eigenvalue weighted by Crippen LogP contribution is 1.92. The number of rotatable bonds is 6. The predicted molar refractivity (Wildman–Crippen MR) is 51.4 cm³/mol. The highest BCUT2D eigenvalue weighted by molar-refractivity contribution is 5.81. The first kappa shape index (κ1) is 12.7. The van der Waals surface area contributed by atoms with E-state index in [1.807, 2.05) is 6.92 Å². The molecule has 0 aromatic rings.